The summed E-state index contributed by atoms with van der Waals surface area (Å²) in [5, 5.41) is 0. The van der Waals surface area contributed by atoms with Crippen molar-refractivity contribution in [3.05, 3.63) is 14.7 Å². The molecular formula is C10H15BrN2O2S3. The molecule has 0 aliphatic carbocycles. The molecule has 0 aromatic carbocycles. The Kier molecular flexibility index (Phi) is 5.31. The highest BCUT2D eigenvalue weighted by molar-refractivity contribution is 9.11. The number of halogens is 1. The number of sulfonamides is 1. The quantitative estimate of drug-likeness (QED) is 0.808. The molecule has 0 aliphatic heterocycles. The van der Waals surface area contributed by atoms with Gasteiger partial charge in [0.05, 0.1) is 13.7 Å². The Balaban J connectivity index is 3.00. The third-order valence-corrected chi connectivity index (χ3v) is 6.58. The lowest BCUT2D eigenvalue weighted by molar-refractivity contribution is 0.445. The number of aryl methyl sites for hydroxylation is 1. The third-order valence-electron chi connectivity index (χ3n) is 2.55. The standard InChI is InChI=1S/C10H15BrN2O2S3/c1-6(10(12)16)5-13(3)18(14,15)8-4-9(11)17-7(8)2/h4,6H,5H2,1-3H3,(H2,12,16). The summed E-state index contributed by atoms with van der Waals surface area (Å²) in [5.41, 5.74) is 5.50. The van der Waals surface area contributed by atoms with Gasteiger partial charge in [0, 0.05) is 24.4 Å². The van der Waals surface area contributed by atoms with Crippen LogP contribution in [0.2, 0.25) is 0 Å². The van der Waals surface area contributed by atoms with Gasteiger partial charge in [0.15, 0.2) is 0 Å². The monoisotopic (exact) mass is 370 g/mol. The second-order valence-corrected chi connectivity index (χ2v) is 9.18. The molecular weight excluding hydrogens is 356 g/mol. The third kappa shape index (κ3) is 3.51. The number of hydrogen-bond donors (Lipinski definition) is 1. The normalized spacial score (nSPS) is 13.8. The van der Waals surface area contributed by atoms with Crippen molar-refractivity contribution in [3.63, 3.8) is 0 Å². The first-order chi connectivity index (χ1) is 8.16. The molecule has 0 bridgehead atoms. The topological polar surface area (TPSA) is 63.4 Å². The van der Waals surface area contributed by atoms with Crippen LogP contribution in [0.25, 0.3) is 0 Å². The van der Waals surface area contributed by atoms with Crippen LogP contribution >= 0.6 is 39.5 Å². The summed E-state index contributed by atoms with van der Waals surface area (Å²) in [6.45, 7) is 3.88. The molecule has 1 atom stereocenters. The smallest absolute Gasteiger partial charge is 0.243 e. The molecule has 1 unspecified atom stereocenters. The van der Waals surface area contributed by atoms with E-state index in [1.54, 1.807) is 13.0 Å². The van der Waals surface area contributed by atoms with Crippen LogP contribution in [0.15, 0.2) is 14.7 Å². The number of rotatable bonds is 5. The van der Waals surface area contributed by atoms with Gasteiger partial charge in [-0.1, -0.05) is 19.1 Å². The molecule has 0 fully saturated rings. The molecule has 0 saturated heterocycles. The number of hydrogen-bond acceptors (Lipinski definition) is 4. The van der Waals surface area contributed by atoms with Gasteiger partial charge >= 0.3 is 0 Å². The largest absolute Gasteiger partial charge is 0.393 e. The van der Waals surface area contributed by atoms with E-state index >= 15 is 0 Å². The maximum atomic E-state index is 12.4. The van der Waals surface area contributed by atoms with Crippen molar-refractivity contribution in [1.29, 1.82) is 0 Å². The van der Waals surface area contributed by atoms with Crippen LogP contribution in [0, 0.1) is 12.8 Å². The van der Waals surface area contributed by atoms with E-state index < -0.39 is 10.0 Å². The first-order valence-electron chi connectivity index (χ1n) is 5.18. The number of thiocarbonyl (C=S) groups is 1. The molecule has 0 saturated carbocycles. The summed E-state index contributed by atoms with van der Waals surface area (Å²) in [4.78, 5) is 1.41. The van der Waals surface area contributed by atoms with Crippen molar-refractivity contribution in [3.8, 4) is 0 Å². The molecule has 1 rings (SSSR count). The fourth-order valence-electron chi connectivity index (χ4n) is 1.43. The van der Waals surface area contributed by atoms with E-state index in [0.717, 1.165) is 8.66 Å². The summed E-state index contributed by atoms with van der Waals surface area (Å²) in [7, 11) is -1.94. The Morgan fingerprint density at radius 2 is 2.22 bits per heavy atom. The van der Waals surface area contributed by atoms with Crippen molar-refractivity contribution in [1.82, 2.24) is 4.31 Å². The van der Waals surface area contributed by atoms with Crippen LogP contribution in [-0.2, 0) is 10.0 Å². The van der Waals surface area contributed by atoms with E-state index in [-0.39, 0.29) is 12.5 Å². The molecule has 0 aliphatic rings. The zero-order chi connectivity index (χ0) is 14.1. The lowest BCUT2D eigenvalue weighted by Gasteiger charge is -2.20. The first-order valence-corrected chi connectivity index (χ1v) is 8.63. The van der Waals surface area contributed by atoms with E-state index in [2.05, 4.69) is 15.9 Å². The lowest BCUT2D eigenvalue weighted by Crippen LogP contribution is -2.35. The molecule has 1 aromatic heterocycles. The fourth-order valence-corrected chi connectivity index (χ4v) is 5.14. The Labute approximate surface area is 125 Å². The van der Waals surface area contributed by atoms with Gasteiger partial charge < -0.3 is 5.73 Å². The molecule has 18 heavy (non-hydrogen) atoms. The zero-order valence-corrected chi connectivity index (χ0v) is 14.3. The highest BCUT2D eigenvalue weighted by atomic mass is 79.9. The van der Waals surface area contributed by atoms with Gasteiger partial charge in [-0.05, 0) is 28.9 Å². The van der Waals surface area contributed by atoms with E-state index in [4.69, 9.17) is 18.0 Å². The molecule has 0 radical (unpaired) electrons. The highest BCUT2D eigenvalue weighted by Gasteiger charge is 2.26. The summed E-state index contributed by atoms with van der Waals surface area (Å²) in [6.07, 6.45) is 0. The minimum atomic E-state index is -3.48. The maximum Gasteiger partial charge on any atom is 0.243 e. The van der Waals surface area contributed by atoms with Gasteiger partial charge in [0.25, 0.3) is 0 Å². The van der Waals surface area contributed by atoms with E-state index in [1.807, 2.05) is 6.92 Å². The molecule has 1 aromatic rings. The average Bonchev–Trinajstić information content (AvgIpc) is 2.57. The molecule has 1 heterocycles. The molecule has 8 heteroatoms. The Morgan fingerprint density at radius 1 is 1.67 bits per heavy atom. The number of nitrogens with zero attached hydrogens (tertiary/aromatic N) is 1. The number of nitrogens with two attached hydrogens (primary N) is 1. The van der Waals surface area contributed by atoms with E-state index in [0.29, 0.717) is 9.88 Å². The summed E-state index contributed by atoms with van der Waals surface area (Å²) >= 11 is 9.55. The van der Waals surface area contributed by atoms with Gasteiger partial charge in [-0.15, -0.1) is 11.3 Å². The zero-order valence-electron chi connectivity index (χ0n) is 10.3. The van der Waals surface area contributed by atoms with Gasteiger partial charge in [0.2, 0.25) is 10.0 Å². The van der Waals surface area contributed by atoms with Crippen LogP contribution in [-0.4, -0.2) is 31.3 Å². The van der Waals surface area contributed by atoms with Crippen molar-refractivity contribution in [2.75, 3.05) is 13.6 Å². The molecule has 0 spiro atoms. The lowest BCUT2D eigenvalue weighted by atomic mass is 10.2. The Morgan fingerprint density at radius 3 is 2.61 bits per heavy atom. The van der Waals surface area contributed by atoms with Crippen molar-refractivity contribution in [2.45, 2.75) is 18.7 Å². The molecule has 102 valence electrons. The van der Waals surface area contributed by atoms with Gasteiger partial charge in [-0.2, -0.15) is 0 Å². The molecule has 2 N–H and O–H groups in total. The average molecular weight is 371 g/mol. The van der Waals surface area contributed by atoms with Crippen LogP contribution in [0.4, 0.5) is 0 Å². The maximum absolute atomic E-state index is 12.4. The van der Waals surface area contributed by atoms with Crippen molar-refractivity contribution < 1.29 is 8.42 Å². The van der Waals surface area contributed by atoms with Crippen molar-refractivity contribution >= 4 is 54.5 Å². The van der Waals surface area contributed by atoms with E-state index in [9.17, 15) is 8.42 Å². The fraction of sp³-hybridized carbons (Fsp3) is 0.500. The summed E-state index contributed by atoms with van der Waals surface area (Å²) in [5.74, 6) is -0.151. The highest BCUT2D eigenvalue weighted by Crippen LogP contribution is 2.31. The Hall–Kier alpha value is -0.0200. The minimum absolute atomic E-state index is 0.151. The van der Waals surface area contributed by atoms with Crippen LogP contribution < -0.4 is 5.73 Å². The minimum Gasteiger partial charge on any atom is -0.393 e. The second-order valence-electron chi connectivity index (χ2n) is 4.06. The molecule has 4 nitrogen and oxygen atoms in total. The summed E-state index contributed by atoms with van der Waals surface area (Å²) < 4.78 is 26.8. The second kappa shape index (κ2) is 5.96. The van der Waals surface area contributed by atoms with Crippen LogP contribution in [0.3, 0.4) is 0 Å². The Bertz CT molecular complexity index is 553. The number of thiophene rings is 1. The van der Waals surface area contributed by atoms with Gasteiger partial charge in [-0.3, -0.25) is 0 Å². The molecule has 0 amide bonds. The summed E-state index contributed by atoms with van der Waals surface area (Å²) in [6, 6.07) is 1.62. The predicted octanol–water partition coefficient (Wildman–Crippen LogP) is 2.36. The first kappa shape index (κ1) is 16.0. The van der Waals surface area contributed by atoms with Crippen molar-refractivity contribution in [2.24, 2.45) is 11.7 Å². The van der Waals surface area contributed by atoms with Crippen LogP contribution in [0.1, 0.15) is 11.8 Å². The van der Waals surface area contributed by atoms with Gasteiger partial charge in [-0.25, -0.2) is 12.7 Å². The van der Waals surface area contributed by atoms with Gasteiger partial charge in [0.1, 0.15) is 0 Å². The van der Waals surface area contributed by atoms with E-state index in [1.165, 1.54) is 22.7 Å². The predicted molar refractivity (Wildman–Crippen MR) is 82.5 cm³/mol. The van der Waals surface area contributed by atoms with Crippen LogP contribution in [0.5, 0.6) is 0 Å². The SMILES string of the molecule is Cc1sc(Br)cc1S(=O)(=O)N(C)CC(C)C(N)=S.